The van der Waals surface area contributed by atoms with Gasteiger partial charge >= 0.3 is 0 Å². The first kappa shape index (κ1) is 6.91. The number of pyridine rings is 1. The van der Waals surface area contributed by atoms with Gasteiger partial charge in [-0.05, 0) is 17.5 Å². The van der Waals surface area contributed by atoms with Crippen LogP contribution in [0, 0.1) is 0 Å². The fourth-order valence-corrected chi connectivity index (χ4v) is 2.28. The third kappa shape index (κ3) is 0.805. The van der Waals surface area contributed by atoms with Crippen LogP contribution in [-0.4, -0.2) is 9.38 Å². The standard InChI is InChI=1S/C9H7N3S/c10-8-5-11-9-6-2-4-13-7(6)1-3-12(8)9/h1-5H,10H2. The predicted molar refractivity (Wildman–Crippen MR) is 55.0 cm³/mol. The molecule has 4 heteroatoms. The number of nitrogens with zero attached hydrogens (tertiary/aromatic N) is 2. The van der Waals surface area contributed by atoms with E-state index in [0.717, 1.165) is 5.65 Å². The molecule has 3 aromatic heterocycles. The monoisotopic (exact) mass is 189 g/mol. The first-order valence-electron chi connectivity index (χ1n) is 3.95. The fraction of sp³-hybridized carbons (Fsp3) is 0. The summed E-state index contributed by atoms with van der Waals surface area (Å²) in [4.78, 5) is 4.26. The van der Waals surface area contributed by atoms with Gasteiger partial charge in [-0.25, -0.2) is 4.98 Å². The number of aromatic nitrogens is 2. The number of thiophene rings is 1. The van der Waals surface area contributed by atoms with E-state index in [1.54, 1.807) is 17.5 Å². The lowest BCUT2D eigenvalue weighted by atomic mass is 10.3. The maximum atomic E-state index is 5.74. The summed E-state index contributed by atoms with van der Waals surface area (Å²) in [6.45, 7) is 0. The van der Waals surface area contributed by atoms with E-state index in [-0.39, 0.29) is 0 Å². The maximum Gasteiger partial charge on any atom is 0.147 e. The Bertz CT molecular complexity index is 579. The van der Waals surface area contributed by atoms with Crippen LogP contribution in [0.3, 0.4) is 0 Å². The van der Waals surface area contributed by atoms with Crippen molar-refractivity contribution in [3.8, 4) is 0 Å². The molecule has 2 N–H and O–H groups in total. The number of rotatable bonds is 0. The molecule has 0 bridgehead atoms. The van der Waals surface area contributed by atoms with E-state index in [2.05, 4.69) is 22.5 Å². The van der Waals surface area contributed by atoms with Crippen molar-refractivity contribution in [1.82, 2.24) is 9.38 Å². The zero-order chi connectivity index (χ0) is 8.84. The molecule has 0 aromatic carbocycles. The maximum absolute atomic E-state index is 5.74. The highest BCUT2D eigenvalue weighted by atomic mass is 32.1. The van der Waals surface area contributed by atoms with Crippen molar-refractivity contribution >= 4 is 32.9 Å². The Balaban J connectivity index is 2.66. The normalized spacial score (nSPS) is 11.4. The number of anilines is 1. The lowest BCUT2D eigenvalue weighted by Crippen LogP contribution is -1.90. The summed E-state index contributed by atoms with van der Waals surface area (Å²) < 4.78 is 3.15. The second kappa shape index (κ2) is 2.23. The van der Waals surface area contributed by atoms with Crippen molar-refractivity contribution in [2.24, 2.45) is 0 Å². The summed E-state index contributed by atoms with van der Waals surface area (Å²) in [5.41, 5.74) is 6.68. The molecule has 0 aliphatic heterocycles. The molecule has 3 aromatic rings. The van der Waals surface area contributed by atoms with Crippen molar-refractivity contribution < 1.29 is 0 Å². The number of imidazole rings is 1. The average molecular weight is 189 g/mol. The lowest BCUT2D eigenvalue weighted by molar-refractivity contribution is 1.21. The van der Waals surface area contributed by atoms with Crippen LogP contribution in [0.4, 0.5) is 5.82 Å². The number of nitrogen functional groups attached to an aromatic ring is 1. The highest BCUT2D eigenvalue weighted by Gasteiger charge is 2.04. The van der Waals surface area contributed by atoms with Crippen LogP contribution in [0.25, 0.3) is 15.7 Å². The molecule has 0 spiro atoms. The van der Waals surface area contributed by atoms with E-state index < -0.39 is 0 Å². The highest BCUT2D eigenvalue weighted by molar-refractivity contribution is 7.17. The molecule has 0 fully saturated rings. The fourth-order valence-electron chi connectivity index (χ4n) is 1.51. The van der Waals surface area contributed by atoms with E-state index in [4.69, 9.17) is 5.73 Å². The second-order valence-electron chi connectivity index (χ2n) is 2.89. The lowest BCUT2D eigenvalue weighted by Gasteiger charge is -1.95. The van der Waals surface area contributed by atoms with E-state index in [0.29, 0.717) is 5.82 Å². The van der Waals surface area contributed by atoms with Crippen LogP contribution in [0.1, 0.15) is 0 Å². The van der Waals surface area contributed by atoms with Crippen LogP contribution in [0.15, 0.2) is 29.9 Å². The Kier molecular flexibility index (Phi) is 1.19. The minimum Gasteiger partial charge on any atom is -0.383 e. The highest BCUT2D eigenvalue weighted by Crippen LogP contribution is 2.25. The van der Waals surface area contributed by atoms with Crippen molar-refractivity contribution in [3.05, 3.63) is 29.9 Å². The summed E-state index contributed by atoms with van der Waals surface area (Å²) in [7, 11) is 0. The van der Waals surface area contributed by atoms with Crippen molar-refractivity contribution in [2.45, 2.75) is 0 Å². The van der Waals surface area contributed by atoms with Gasteiger partial charge in [0, 0.05) is 16.3 Å². The first-order valence-corrected chi connectivity index (χ1v) is 4.83. The third-order valence-electron chi connectivity index (χ3n) is 2.14. The number of hydrogen-bond donors (Lipinski definition) is 1. The Morgan fingerprint density at radius 1 is 1.38 bits per heavy atom. The van der Waals surface area contributed by atoms with E-state index >= 15 is 0 Å². The van der Waals surface area contributed by atoms with Gasteiger partial charge in [-0.1, -0.05) is 0 Å². The molecule has 3 heterocycles. The topological polar surface area (TPSA) is 43.3 Å². The molecule has 0 aliphatic carbocycles. The molecule has 0 unspecified atom stereocenters. The van der Waals surface area contributed by atoms with Gasteiger partial charge < -0.3 is 5.73 Å². The van der Waals surface area contributed by atoms with Gasteiger partial charge in [0.2, 0.25) is 0 Å². The Morgan fingerprint density at radius 3 is 3.23 bits per heavy atom. The van der Waals surface area contributed by atoms with Crippen LogP contribution in [0.2, 0.25) is 0 Å². The zero-order valence-corrected chi connectivity index (χ0v) is 7.58. The summed E-state index contributed by atoms with van der Waals surface area (Å²) in [6.07, 6.45) is 3.64. The van der Waals surface area contributed by atoms with Gasteiger partial charge in [0.1, 0.15) is 11.5 Å². The van der Waals surface area contributed by atoms with Gasteiger partial charge in [-0.3, -0.25) is 4.40 Å². The summed E-state index contributed by atoms with van der Waals surface area (Å²) in [5.74, 6) is 0.683. The molecule has 0 radical (unpaired) electrons. The quantitative estimate of drug-likeness (QED) is 0.588. The van der Waals surface area contributed by atoms with Crippen LogP contribution in [-0.2, 0) is 0 Å². The number of nitrogens with two attached hydrogens (primary N) is 1. The van der Waals surface area contributed by atoms with Gasteiger partial charge in [-0.15, -0.1) is 11.3 Å². The molecule has 0 aliphatic rings. The Labute approximate surface area is 78.4 Å². The van der Waals surface area contributed by atoms with Crippen LogP contribution in [0.5, 0.6) is 0 Å². The smallest absolute Gasteiger partial charge is 0.147 e. The minimum atomic E-state index is 0.683. The molecule has 0 saturated heterocycles. The van der Waals surface area contributed by atoms with E-state index in [9.17, 15) is 0 Å². The third-order valence-corrected chi connectivity index (χ3v) is 3.02. The van der Waals surface area contributed by atoms with Crippen LogP contribution < -0.4 is 5.73 Å². The Hall–Kier alpha value is -1.55. The molecule has 3 nitrogen and oxygen atoms in total. The molecule has 13 heavy (non-hydrogen) atoms. The predicted octanol–water partition coefficient (Wildman–Crippen LogP) is 2.13. The second-order valence-corrected chi connectivity index (χ2v) is 3.84. The molecular formula is C9H7N3S. The largest absolute Gasteiger partial charge is 0.383 e. The number of hydrogen-bond acceptors (Lipinski definition) is 3. The number of fused-ring (bicyclic) bond motifs is 3. The minimum absolute atomic E-state index is 0.683. The SMILES string of the molecule is Nc1cnc2c3ccsc3ccn12. The first-order chi connectivity index (χ1) is 6.36. The Morgan fingerprint density at radius 2 is 2.31 bits per heavy atom. The molecule has 0 atom stereocenters. The van der Waals surface area contributed by atoms with E-state index in [1.807, 2.05) is 10.6 Å². The zero-order valence-electron chi connectivity index (χ0n) is 6.77. The van der Waals surface area contributed by atoms with Crippen LogP contribution >= 0.6 is 11.3 Å². The van der Waals surface area contributed by atoms with Crippen molar-refractivity contribution in [2.75, 3.05) is 5.73 Å². The molecule has 0 amide bonds. The van der Waals surface area contributed by atoms with Crippen molar-refractivity contribution in [3.63, 3.8) is 0 Å². The molecule has 0 saturated carbocycles. The molecule has 3 rings (SSSR count). The van der Waals surface area contributed by atoms with Gasteiger partial charge in [-0.2, -0.15) is 0 Å². The summed E-state index contributed by atoms with van der Waals surface area (Å²) in [6, 6.07) is 4.13. The van der Waals surface area contributed by atoms with E-state index in [1.165, 1.54) is 10.1 Å². The van der Waals surface area contributed by atoms with Gasteiger partial charge in [0.15, 0.2) is 0 Å². The van der Waals surface area contributed by atoms with Crippen molar-refractivity contribution in [1.29, 1.82) is 0 Å². The summed E-state index contributed by atoms with van der Waals surface area (Å²) in [5, 5.41) is 3.24. The van der Waals surface area contributed by atoms with Gasteiger partial charge in [0.25, 0.3) is 0 Å². The average Bonchev–Trinajstić information content (AvgIpc) is 2.70. The summed E-state index contributed by atoms with van der Waals surface area (Å²) >= 11 is 1.72. The van der Waals surface area contributed by atoms with Gasteiger partial charge in [0.05, 0.1) is 6.20 Å². The molecule has 64 valence electrons. The molecular weight excluding hydrogens is 182 g/mol.